The second kappa shape index (κ2) is 3.10. The maximum Gasteiger partial charge on any atom is 0.137 e. The van der Waals surface area contributed by atoms with Gasteiger partial charge >= 0.3 is 0 Å². The number of aromatic nitrogens is 2. The predicted molar refractivity (Wildman–Crippen MR) is 45.9 cm³/mol. The lowest BCUT2D eigenvalue weighted by Gasteiger charge is -2.28. The molecule has 1 aliphatic carbocycles. The van der Waals surface area contributed by atoms with Crippen molar-refractivity contribution in [2.45, 2.75) is 32.8 Å². The molecule has 0 bridgehead atoms. The molecule has 0 aromatic carbocycles. The molecule has 2 atom stereocenters. The molecule has 0 aliphatic heterocycles. The van der Waals surface area contributed by atoms with Crippen LogP contribution >= 0.6 is 0 Å². The molecule has 0 saturated heterocycles. The zero-order chi connectivity index (χ0) is 9.42. The SMILES string of the molecule is CC(C)C1CCc2nonc2C1O. The van der Waals surface area contributed by atoms with Crippen LogP contribution < -0.4 is 0 Å². The first-order valence-electron chi connectivity index (χ1n) is 4.69. The predicted octanol–water partition coefficient (Wildman–Crippen LogP) is 1.32. The first-order chi connectivity index (χ1) is 6.20. The Morgan fingerprint density at radius 3 is 2.92 bits per heavy atom. The van der Waals surface area contributed by atoms with Crippen LogP contribution in [0.4, 0.5) is 0 Å². The zero-order valence-corrected chi connectivity index (χ0v) is 7.90. The van der Waals surface area contributed by atoms with Crippen LogP contribution in [0, 0.1) is 11.8 Å². The fraction of sp³-hybridized carbons (Fsp3) is 0.778. The number of aryl methyl sites for hydroxylation is 1. The van der Waals surface area contributed by atoms with Crippen LogP contribution in [0.5, 0.6) is 0 Å². The van der Waals surface area contributed by atoms with Gasteiger partial charge in [-0.05, 0) is 24.7 Å². The van der Waals surface area contributed by atoms with Gasteiger partial charge in [0.25, 0.3) is 0 Å². The summed E-state index contributed by atoms with van der Waals surface area (Å²) in [4.78, 5) is 0. The average molecular weight is 182 g/mol. The summed E-state index contributed by atoms with van der Waals surface area (Å²) >= 11 is 0. The van der Waals surface area contributed by atoms with E-state index < -0.39 is 6.10 Å². The molecule has 0 amide bonds. The van der Waals surface area contributed by atoms with Crippen molar-refractivity contribution in [2.24, 2.45) is 11.8 Å². The third-order valence-electron chi connectivity index (χ3n) is 2.84. The van der Waals surface area contributed by atoms with Crippen molar-refractivity contribution in [1.29, 1.82) is 0 Å². The van der Waals surface area contributed by atoms with Gasteiger partial charge in [-0.15, -0.1) is 0 Å². The zero-order valence-electron chi connectivity index (χ0n) is 7.90. The third kappa shape index (κ3) is 1.35. The number of fused-ring (bicyclic) bond motifs is 1. The fourth-order valence-electron chi connectivity index (χ4n) is 1.97. The van der Waals surface area contributed by atoms with Crippen LogP contribution in [-0.4, -0.2) is 15.4 Å². The van der Waals surface area contributed by atoms with Gasteiger partial charge in [-0.25, -0.2) is 4.63 Å². The molecular weight excluding hydrogens is 168 g/mol. The van der Waals surface area contributed by atoms with E-state index >= 15 is 0 Å². The number of hydrogen-bond acceptors (Lipinski definition) is 4. The molecule has 1 N–H and O–H groups in total. The van der Waals surface area contributed by atoms with Crippen molar-refractivity contribution in [2.75, 3.05) is 0 Å². The van der Waals surface area contributed by atoms with Crippen LogP contribution in [0.1, 0.15) is 37.8 Å². The van der Waals surface area contributed by atoms with E-state index in [1.807, 2.05) is 0 Å². The fourth-order valence-corrected chi connectivity index (χ4v) is 1.97. The topological polar surface area (TPSA) is 59.2 Å². The van der Waals surface area contributed by atoms with Gasteiger partial charge in [0.1, 0.15) is 17.5 Å². The first-order valence-corrected chi connectivity index (χ1v) is 4.69. The van der Waals surface area contributed by atoms with Gasteiger partial charge in [-0.2, -0.15) is 0 Å². The molecule has 0 radical (unpaired) electrons. The van der Waals surface area contributed by atoms with Crippen molar-refractivity contribution < 1.29 is 9.74 Å². The van der Waals surface area contributed by atoms with Gasteiger partial charge in [0.15, 0.2) is 0 Å². The minimum absolute atomic E-state index is 0.291. The minimum Gasteiger partial charge on any atom is -0.386 e. The maximum atomic E-state index is 9.92. The Morgan fingerprint density at radius 2 is 2.23 bits per heavy atom. The summed E-state index contributed by atoms with van der Waals surface area (Å²) < 4.78 is 4.61. The summed E-state index contributed by atoms with van der Waals surface area (Å²) in [6, 6.07) is 0. The van der Waals surface area contributed by atoms with Crippen molar-refractivity contribution in [1.82, 2.24) is 10.3 Å². The number of aliphatic hydroxyl groups excluding tert-OH is 1. The number of rotatable bonds is 1. The molecule has 1 aliphatic rings. The highest BCUT2D eigenvalue weighted by Gasteiger charge is 2.33. The van der Waals surface area contributed by atoms with E-state index in [1.165, 1.54) is 0 Å². The molecule has 0 saturated carbocycles. The van der Waals surface area contributed by atoms with E-state index in [-0.39, 0.29) is 0 Å². The molecule has 2 rings (SSSR count). The monoisotopic (exact) mass is 182 g/mol. The standard InChI is InChI=1S/C9H14N2O2/c1-5(2)6-3-4-7-8(9(6)12)11-13-10-7/h5-6,9,12H,3-4H2,1-2H3. The lowest BCUT2D eigenvalue weighted by molar-refractivity contribution is 0.0613. The second-order valence-corrected chi connectivity index (χ2v) is 3.99. The number of hydrogen-bond donors (Lipinski definition) is 1. The summed E-state index contributed by atoms with van der Waals surface area (Å²) in [6.45, 7) is 4.23. The Kier molecular flexibility index (Phi) is 2.07. The first kappa shape index (κ1) is 8.69. The highest BCUT2D eigenvalue weighted by molar-refractivity contribution is 5.15. The highest BCUT2D eigenvalue weighted by atomic mass is 16.6. The minimum atomic E-state index is -0.491. The molecule has 1 aromatic rings. The van der Waals surface area contributed by atoms with Crippen molar-refractivity contribution in [3.63, 3.8) is 0 Å². The Labute approximate surface area is 76.9 Å². The highest BCUT2D eigenvalue weighted by Crippen LogP contribution is 2.36. The summed E-state index contributed by atoms with van der Waals surface area (Å²) in [5, 5.41) is 17.4. The maximum absolute atomic E-state index is 9.92. The molecule has 72 valence electrons. The van der Waals surface area contributed by atoms with Gasteiger partial charge in [0.05, 0.1) is 0 Å². The van der Waals surface area contributed by atoms with Gasteiger partial charge in [0, 0.05) is 0 Å². The smallest absolute Gasteiger partial charge is 0.137 e. The van der Waals surface area contributed by atoms with Gasteiger partial charge < -0.3 is 5.11 Å². The number of aliphatic hydroxyl groups is 1. The average Bonchev–Trinajstić information content (AvgIpc) is 2.52. The van der Waals surface area contributed by atoms with Crippen LogP contribution in [-0.2, 0) is 6.42 Å². The Morgan fingerprint density at radius 1 is 1.46 bits per heavy atom. The lowest BCUT2D eigenvalue weighted by Crippen LogP contribution is -2.24. The molecule has 0 fully saturated rings. The van der Waals surface area contributed by atoms with Gasteiger partial charge in [-0.1, -0.05) is 24.2 Å². The van der Waals surface area contributed by atoms with Gasteiger partial charge in [-0.3, -0.25) is 0 Å². The van der Waals surface area contributed by atoms with E-state index in [9.17, 15) is 5.11 Å². The van der Waals surface area contributed by atoms with Crippen molar-refractivity contribution in [3.8, 4) is 0 Å². The van der Waals surface area contributed by atoms with E-state index in [4.69, 9.17) is 0 Å². The van der Waals surface area contributed by atoms with Crippen LogP contribution in [0.3, 0.4) is 0 Å². The van der Waals surface area contributed by atoms with Crippen LogP contribution in [0.15, 0.2) is 4.63 Å². The quantitative estimate of drug-likeness (QED) is 0.711. The number of nitrogens with zero attached hydrogens (tertiary/aromatic N) is 2. The molecule has 13 heavy (non-hydrogen) atoms. The lowest BCUT2D eigenvalue weighted by atomic mass is 9.80. The van der Waals surface area contributed by atoms with Crippen molar-refractivity contribution in [3.05, 3.63) is 11.4 Å². The Bertz CT molecular complexity index is 296. The van der Waals surface area contributed by atoms with E-state index in [0.29, 0.717) is 17.5 Å². The van der Waals surface area contributed by atoms with E-state index in [0.717, 1.165) is 18.5 Å². The molecule has 4 heteroatoms. The summed E-state index contributed by atoms with van der Waals surface area (Å²) in [6.07, 6.45) is 1.36. The normalized spacial score (nSPS) is 27.7. The molecule has 0 spiro atoms. The Hall–Kier alpha value is -0.900. The van der Waals surface area contributed by atoms with Gasteiger partial charge in [0.2, 0.25) is 0 Å². The molecule has 2 unspecified atom stereocenters. The molecule has 1 heterocycles. The third-order valence-corrected chi connectivity index (χ3v) is 2.84. The molecular formula is C9H14N2O2. The summed E-state index contributed by atoms with van der Waals surface area (Å²) in [5.41, 5.74) is 1.47. The van der Waals surface area contributed by atoms with E-state index in [1.54, 1.807) is 0 Å². The van der Waals surface area contributed by atoms with E-state index in [2.05, 4.69) is 28.8 Å². The molecule has 4 nitrogen and oxygen atoms in total. The van der Waals surface area contributed by atoms with Crippen LogP contribution in [0.25, 0.3) is 0 Å². The molecule has 1 aromatic heterocycles. The summed E-state index contributed by atoms with van der Waals surface area (Å²) in [5.74, 6) is 0.763. The largest absolute Gasteiger partial charge is 0.386 e. The van der Waals surface area contributed by atoms with Crippen molar-refractivity contribution >= 4 is 0 Å². The summed E-state index contributed by atoms with van der Waals surface area (Å²) in [7, 11) is 0. The second-order valence-electron chi connectivity index (χ2n) is 3.99. The Balaban J connectivity index is 2.27. The van der Waals surface area contributed by atoms with Crippen LogP contribution in [0.2, 0.25) is 0 Å².